The molecule has 0 aliphatic heterocycles. The van der Waals surface area contributed by atoms with E-state index in [1.807, 2.05) is 0 Å². The van der Waals surface area contributed by atoms with Crippen molar-refractivity contribution in [3.63, 3.8) is 0 Å². The van der Waals surface area contributed by atoms with Crippen LogP contribution in [-0.4, -0.2) is 24.0 Å². The lowest BCUT2D eigenvalue weighted by atomic mass is 9.77. The van der Waals surface area contributed by atoms with Crippen molar-refractivity contribution in [3.8, 4) is 0 Å². The minimum atomic E-state index is 0.187. The highest BCUT2D eigenvalue weighted by Gasteiger charge is 2.33. The molecule has 90 valence electrons. The van der Waals surface area contributed by atoms with Crippen LogP contribution < -0.4 is 5.73 Å². The van der Waals surface area contributed by atoms with Crippen molar-refractivity contribution in [1.82, 2.24) is 9.88 Å². The molecule has 1 aliphatic carbocycles. The van der Waals surface area contributed by atoms with Gasteiger partial charge in [0.25, 0.3) is 0 Å². The fourth-order valence-corrected chi connectivity index (χ4v) is 3.59. The highest BCUT2D eigenvalue weighted by atomic mass is 32.1. The van der Waals surface area contributed by atoms with Crippen LogP contribution in [0, 0.1) is 5.41 Å². The lowest BCUT2D eigenvalue weighted by Gasteiger charge is -2.32. The molecule has 0 aromatic carbocycles. The van der Waals surface area contributed by atoms with Crippen LogP contribution in [0.3, 0.4) is 0 Å². The summed E-state index contributed by atoms with van der Waals surface area (Å²) in [6.45, 7) is 5.48. The third-order valence-corrected chi connectivity index (χ3v) is 4.19. The first kappa shape index (κ1) is 12.0. The van der Waals surface area contributed by atoms with Gasteiger partial charge in [-0.3, -0.25) is 0 Å². The molecule has 0 saturated heterocycles. The lowest BCUT2D eigenvalue weighted by Crippen LogP contribution is -2.28. The fraction of sp³-hybridized carbons (Fsp3) is 0.750. The molecule has 16 heavy (non-hydrogen) atoms. The first-order chi connectivity index (χ1) is 7.37. The molecule has 1 aromatic rings. The van der Waals surface area contributed by atoms with Crippen molar-refractivity contribution in [3.05, 3.63) is 15.6 Å². The number of aromatic nitrogens is 1. The molecule has 4 heteroatoms. The standard InChI is InChI=1S/C12H21N3S/c1-12(2)5-8(13)11-9(6-12)14-10(16-11)7-15(3)4/h8H,5-7,13H2,1-4H3. The van der Waals surface area contributed by atoms with E-state index in [-0.39, 0.29) is 6.04 Å². The number of rotatable bonds is 2. The molecule has 1 heterocycles. The van der Waals surface area contributed by atoms with Gasteiger partial charge in [-0.05, 0) is 32.4 Å². The van der Waals surface area contributed by atoms with Gasteiger partial charge in [-0.2, -0.15) is 0 Å². The molecule has 3 nitrogen and oxygen atoms in total. The Labute approximate surface area is 102 Å². The van der Waals surface area contributed by atoms with Crippen LogP contribution in [0.5, 0.6) is 0 Å². The second-order valence-corrected chi connectivity index (χ2v) is 6.92. The summed E-state index contributed by atoms with van der Waals surface area (Å²) < 4.78 is 0. The minimum absolute atomic E-state index is 0.187. The number of fused-ring (bicyclic) bond motifs is 1. The average Bonchev–Trinajstić information content (AvgIpc) is 2.43. The van der Waals surface area contributed by atoms with E-state index in [0.717, 1.165) is 19.4 Å². The van der Waals surface area contributed by atoms with Crippen molar-refractivity contribution < 1.29 is 0 Å². The van der Waals surface area contributed by atoms with Crippen molar-refractivity contribution in [2.24, 2.45) is 11.1 Å². The Kier molecular flexibility index (Phi) is 3.07. The van der Waals surface area contributed by atoms with Crippen LogP contribution in [0.15, 0.2) is 0 Å². The highest BCUT2D eigenvalue weighted by Crippen LogP contribution is 2.41. The molecule has 0 bridgehead atoms. The van der Waals surface area contributed by atoms with Gasteiger partial charge in [0.1, 0.15) is 5.01 Å². The Bertz CT molecular complexity index is 382. The third-order valence-electron chi connectivity index (χ3n) is 2.98. The maximum atomic E-state index is 6.22. The second-order valence-electron chi connectivity index (χ2n) is 5.81. The molecule has 1 aliphatic rings. The van der Waals surface area contributed by atoms with Crippen molar-refractivity contribution in [2.75, 3.05) is 14.1 Å². The highest BCUT2D eigenvalue weighted by molar-refractivity contribution is 7.11. The fourth-order valence-electron chi connectivity index (χ4n) is 2.38. The molecule has 0 fully saturated rings. The van der Waals surface area contributed by atoms with E-state index in [0.29, 0.717) is 5.41 Å². The largest absolute Gasteiger partial charge is 0.323 e. The Balaban J connectivity index is 2.27. The number of nitrogens with zero attached hydrogens (tertiary/aromatic N) is 2. The van der Waals surface area contributed by atoms with Crippen LogP contribution in [0.25, 0.3) is 0 Å². The monoisotopic (exact) mass is 239 g/mol. The smallest absolute Gasteiger partial charge is 0.107 e. The van der Waals surface area contributed by atoms with E-state index in [4.69, 9.17) is 10.7 Å². The molecule has 1 atom stereocenters. The first-order valence-electron chi connectivity index (χ1n) is 5.76. The molecule has 0 saturated carbocycles. The van der Waals surface area contributed by atoms with Crippen molar-refractivity contribution in [2.45, 2.75) is 39.3 Å². The van der Waals surface area contributed by atoms with Crippen LogP contribution >= 0.6 is 11.3 Å². The van der Waals surface area contributed by atoms with E-state index in [9.17, 15) is 0 Å². The number of hydrogen-bond donors (Lipinski definition) is 1. The van der Waals surface area contributed by atoms with Gasteiger partial charge in [-0.1, -0.05) is 13.8 Å². The summed E-state index contributed by atoms with van der Waals surface area (Å²) in [6.07, 6.45) is 2.14. The molecule has 2 rings (SSSR count). The van der Waals surface area contributed by atoms with Crippen LogP contribution in [-0.2, 0) is 13.0 Å². The second kappa shape index (κ2) is 4.09. The Hall–Kier alpha value is -0.450. The SMILES string of the molecule is CN(C)Cc1nc2c(s1)C(N)CC(C)(C)C2. The molecular formula is C12H21N3S. The van der Waals surface area contributed by atoms with E-state index in [2.05, 4.69) is 32.8 Å². The van der Waals surface area contributed by atoms with E-state index in [1.165, 1.54) is 15.6 Å². The van der Waals surface area contributed by atoms with Gasteiger partial charge in [0, 0.05) is 17.5 Å². The number of hydrogen-bond acceptors (Lipinski definition) is 4. The third kappa shape index (κ3) is 2.44. The molecule has 1 aromatic heterocycles. The summed E-state index contributed by atoms with van der Waals surface area (Å²) in [4.78, 5) is 8.20. The van der Waals surface area contributed by atoms with Gasteiger partial charge in [-0.15, -0.1) is 11.3 Å². The summed E-state index contributed by atoms with van der Waals surface area (Å²) in [5, 5.41) is 1.20. The topological polar surface area (TPSA) is 42.2 Å². The molecule has 2 N–H and O–H groups in total. The first-order valence-corrected chi connectivity index (χ1v) is 6.58. The lowest BCUT2D eigenvalue weighted by molar-refractivity contribution is 0.282. The van der Waals surface area contributed by atoms with Crippen LogP contribution in [0.1, 0.15) is 41.9 Å². The summed E-state index contributed by atoms with van der Waals surface area (Å²) in [5.74, 6) is 0. The predicted octanol–water partition coefficient (Wildman–Crippen LogP) is 2.18. The van der Waals surface area contributed by atoms with Gasteiger partial charge in [-0.25, -0.2) is 4.98 Å². The predicted molar refractivity (Wildman–Crippen MR) is 68.5 cm³/mol. The van der Waals surface area contributed by atoms with Gasteiger partial charge in [0.2, 0.25) is 0 Å². The molecule has 0 amide bonds. The number of thiazole rings is 1. The molecule has 0 radical (unpaired) electrons. The van der Waals surface area contributed by atoms with Gasteiger partial charge in [0.05, 0.1) is 5.69 Å². The van der Waals surface area contributed by atoms with Crippen molar-refractivity contribution >= 4 is 11.3 Å². The van der Waals surface area contributed by atoms with E-state index >= 15 is 0 Å². The summed E-state index contributed by atoms with van der Waals surface area (Å²) >= 11 is 1.79. The van der Waals surface area contributed by atoms with E-state index < -0.39 is 0 Å². The maximum absolute atomic E-state index is 6.22. The Morgan fingerprint density at radius 3 is 2.81 bits per heavy atom. The normalized spacial score (nSPS) is 23.5. The van der Waals surface area contributed by atoms with Crippen LogP contribution in [0.4, 0.5) is 0 Å². The minimum Gasteiger partial charge on any atom is -0.323 e. The average molecular weight is 239 g/mol. The van der Waals surface area contributed by atoms with Gasteiger partial charge >= 0.3 is 0 Å². The molecule has 0 spiro atoms. The van der Waals surface area contributed by atoms with Crippen LogP contribution in [0.2, 0.25) is 0 Å². The van der Waals surface area contributed by atoms with Crippen molar-refractivity contribution in [1.29, 1.82) is 0 Å². The molecule has 1 unspecified atom stereocenters. The summed E-state index contributed by atoms with van der Waals surface area (Å²) in [6, 6.07) is 0.187. The quantitative estimate of drug-likeness (QED) is 0.860. The number of nitrogens with two attached hydrogens (primary N) is 1. The Morgan fingerprint density at radius 2 is 2.19 bits per heavy atom. The van der Waals surface area contributed by atoms with Gasteiger partial charge < -0.3 is 10.6 Å². The summed E-state index contributed by atoms with van der Waals surface area (Å²) in [7, 11) is 4.15. The van der Waals surface area contributed by atoms with Gasteiger partial charge in [0.15, 0.2) is 0 Å². The Morgan fingerprint density at radius 1 is 1.50 bits per heavy atom. The molecular weight excluding hydrogens is 218 g/mol. The zero-order valence-electron chi connectivity index (χ0n) is 10.6. The zero-order valence-corrected chi connectivity index (χ0v) is 11.4. The summed E-state index contributed by atoms with van der Waals surface area (Å²) in [5.41, 5.74) is 7.77. The van der Waals surface area contributed by atoms with E-state index in [1.54, 1.807) is 11.3 Å². The maximum Gasteiger partial charge on any atom is 0.107 e. The zero-order chi connectivity index (χ0) is 11.9.